The summed E-state index contributed by atoms with van der Waals surface area (Å²) in [5.41, 5.74) is 2.52. The van der Waals surface area contributed by atoms with Crippen molar-refractivity contribution in [1.29, 1.82) is 0 Å². The van der Waals surface area contributed by atoms with Gasteiger partial charge in [0.15, 0.2) is 0 Å². The molecule has 0 radical (unpaired) electrons. The highest BCUT2D eigenvalue weighted by Crippen LogP contribution is 2.27. The van der Waals surface area contributed by atoms with Gasteiger partial charge in [-0.15, -0.1) is 0 Å². The molecule has 1 aliphatic carbocycles. The molecule has 1 saturated heterocycles. The Morgan fingerprint density at radius 1 is 0.900 bits per heavy atom. The van der Waals surface area contributed by atoms with Crippen molar-refractivity contribution in [2.24, 2.45) is 5.92 Å². The summed E-state index contributed by atoms with van der Waals surface area (Å²) < 4.78 is 0.881. The number of nitrogens with zero attached hydrogens (tertiary/aromatic N) is 2. The molecule has 2 fully saturated rings. The van der Waals surface area contributed by atoms with E-state index in [0.717, 1.165) is 54.9 Å². The van der Waals surface area contributed by atoms with Crippen LogP contribution in [0.15, 0.2) is 53.0 Å². The first-order chi connectivity index (χ1) is 14.6. The van der Waals surface area contributed by atoms with E-state index in [1.807, 2.05) is 36.4 Å². The maximum absolute atomic E-state index is 12.7. The van der Waals surface area contributed by atoms with Crippen LogP contribution >= 0.6 is 15.9 Å². The number of halogens is 1. The van der Waals surface area contributed by atoms with Gasteiger partial charge in [-0.3, -0.25) is 9.59 Å². The zero-order chi connectivity index (χ0) is 20.9. The van der Waals surface area contributed by atoms with Crippen LogP contribution in [0.3, 0.4) is 0 Å². The number of hydrogen-bond donors (Lipinski definition) is 1. The zero-order valence-corrected chi connectivity index (χ0v) is 18.7. The molecule has 1 saturated carbocycles. The number of nitrogens with one attached hydrogen (secondary N) is 1. The van der Waals surface area contributed by atoms with Crippen LogP contribution in [0.1, 0.15) is 42.5 Å². The number of hydrogen-bond acceptors (Lipinski definition) is 3. The van der Waals surface area contributed by atoms with Crippen LogP contribution in [0.5, 0.6) is 0 Å². The Kier molecular flexibility index (Phi) is 6.72. The van der Waals surface area contributed by atoms with Crippen molar-refractivity contribution in [2.45, 2.75) is 32.1 Å². The van der Waals surface area contributed by atoms with E-state index in [1.54, 1.807) is 12.1 Å². The minimum Gasteiger partial charge on any atom is -0.368 e. The molecule has 6 heteroatoms. The number of carbonyl (C=O) groups excluding carboxylic acids is 2. The molecular weight excluding hydrogens is 442 g/mol. The molecule has 0 unspecified atom stereocenters. The summed E-state index contributed by atoms with van der Waals surface area (Å²) in [6.07, 6.45) is 5.79. The summed E-state index contributed by atoms with van der Waals surface area (Å²) in [5, 5.41) is 2.94. The topological polar surface area (TPSA) is 52.7 Å². The zero-order valence-electron chi connectivity index (χ0n) is 17.1. The summed E-state index contributed by atoms with van der Waals surface area (Å²) in [6, 6.07) is 15.3. The van der Waals surface area contributed by atoms with Gasteiger partial charge >= 0.3 is 0 Å². The normalized spacial score (nSPS) is 17.6. The van der Waals surface area contributed by atoms with E-state index >= 15 is 0 Å². The lowest BCUT2D eigenvalue weighted by Gasteiger charge is -2.38. The van der Waals surface area contributed by atoms with Gasteiger partial charge in [0.25, 0.3) is 5.91 Å². The van der Waals surface area contributed by atoms with Crippen LogP contribution < -0.4 is 10.2 Å². The van der Waals surface area contributed by atoms with Crippen LogP contribution in [0, 0.1) is 5.92 Å². The van der Waals surface area contributed by atoms with E-state index < -0.39 is 0 Å². The summed E-state index contributed by atoms with van der Waals surface area (Å²) in [7, 11) is 0. The number of rotatable bonds is 4. The quantitative estimate of drug-likeness (QED) is 0.690. The van der Waals surface area contributed by atoms with Gasteiger partial charge in [-0.05, 0) is 55.3 Å². The van der Waals surface area contributed by atoms with Gasteiger partial charge in [0.05, 0.1) is 0 Å². The maximum Gasteiger partial charge on any atom is 0.255 e. The molecule has 1 N–H and O–H groups in total. The van der Waals surface area contributed by atoms with Gasteiger partial charge in [-0.25, -0.2) is 0 Å². The number of anilines is 2. The van der Waals surface area contributed by atoms with E-state index in [4.69, 9.17) is 0 Å². The Bertz CT molecular complexity index is 886. The Balaban J connectivity index is 1.30. The van der Waals surface area contributed by atoms with Gasteiger partial charge < -0.3 is 15.1 Å². The lowest BCUT2D eigenvalue weighted by molar-refractivity contribution is -0.136. The van der Waals surface area contributed by atoms with Crippen LogP contribution in [-0.2, 0) is 4.79 Å². The molecule has 1 aliphatic heterocycles. The third-order valence-electron chi connectivity index (χ3n) is 6.12. The van der Waals surface area contributed by atoms with E-state index in [1.165, 1.54) is 19.3 Å². The Hall–Kier alpha value is -2.34. The number of piperazine rings is 1. The van der Waals surface area contributed by atoms with Crippen molar-refractivity contribution in [1.82, 2.24) is 4.90 Å². The highest BCUT2D eigenvalue weighted by molar-refractivity contribution is 9.10. The second-order valence-electron chi connectivity index (χ2n) is 8.16. The average Bonchev–Trinajstić information content (AvgIpc) is 2.80. The van der Waals surface area contributed by atoms with Crippen molar-refractivity contribution in [2.75, 3.05) is 36.4 Å². The molecule has 2 aliphatic rings. The lowest BCUT2D eigenvalue weighted by Crippen LogP contribution is -2.50. The second kappa shape index (κ2) is 9.65. The average molecular weight is 470 g/mol. The van der Waals surface area contributed by atoms with Crippen molar-refractivity contribution in [3.05, 3.63) is 58.6 Å². The third-order valence-corrected chi connectivity index (χ3v) is 6.62. The minimum atomic E-state index is -0.126. The Labute approximate surface area is 186 Å². The first kappa shape index (κ1) is 20.9. The largest absolute Gasteiger partial charge is 0.368 e. The first-order valence-electron chi connectivity index (χ1n) is 10.8. The molecule has 5 nitrogen and oxygen atoms in total. The molecule has 158 valence electrons. The summed E-state index contributed by atoms with van der Waals surface area (Å²) in [6.45, 7) is 3.28. The van der Waals surface area contributed by atoms with Gasteiger partial charge in [0.1, 0.15) is 0 Å². The van der Waals surface area contributed by atoms with Crippen molar-refractivity contribution >= 4 is 39.1 Å². The van der Waals surface area contributed by atoms with Crippen molar-refractivity contribution in [3.63, 3.8) is 0 Å². The Morgan fingerprint density at radius 3 is 2.27 bits per heavy atom. The van der Waals surface area contributed by atoms with Gasteiger partial charge in [0.2, 0.25) is 5.91 Å². The number of carbonyl (C=O) groups is 2. The van der Waals surface area contributed by atoms with Crippen molar-refractivity contribution in [3.8, 4) is 0 Å². The van der Waals surface area contributed by atoms with Gasteiger partial charge in [0, 0.05) is 53.5 Å². The molecule has 0 aromatic heterocycles. The molecule has 2 aromatic rings. The van der Waals surface area contributed by atoms with E-state index in [0.29, 0.717) is 11.5 Å². The number of amides is 2. The summed E-state index contributed by atoms with van der Waals surface area (Å²) in [5.74, 6) is 0.484. The fourth-order valence-corrected chi connectivity index (χ4v) is 4.78. The summed E-state index contributed by atoms with van der Waals surface area (Å²) >= 11 is 3.39. The minimum absolute atomic E-state index is 0.126. The van der Waals surface area contributed by atoms with Gasteiger partial charge in [-0.2, -0.15) is 0 Å². The fraction of sp³-hybridized carbons (Fsp3) is 0.417. The highest BCUT2D eigenvalue weighted by Gasteiger charge is 2.28. The maximum atomic E-state index is 12.7. The van der Waals surface area contributed by atoms with Crippen LogP contribution in [0.25, 0.3) is 0 Å². The monoisotopic (exact) mass is 469 g/mol. The lowest BCUT2D eigenvalue weighted by atomic mass is 9.88. The standard InChI is InChI=1S/C24H28BrN3O2/c25-20-8-4-7-19(17-20)23(29)26-21-9-11-22(12-10-21)27-13-15-28(16-14-27)24(30)18-5-2-1-3-6-18/h4,7-12,17-18H,1-3,5-6,13-16H2,(H,26,29). The molecule has 0 spiro atoms. The molecule has 2 aromatic carbocycles. The third kappa shape index (κ3) is 5.04. The highest BCUT2D eigenvalue weighted by atomic mass is 79.9. The molecule has 1 heterocycles. The second-order valence-corrected chi connectivity index (χ2v) is 9.07. The molecule has 0 bridgehead atoms. The van der Waals surface area contributed by atoms with Crippen LogP contribution in [0.4, 0.5) is 11.4 Å². The van der Waals surface area contributed by atoms with Crippen LogP contribution in [-0.4, -0.2) is 42.9 Å². The van der Waals surface area contributed by atoms with E-state index in [2.05, 4.69) is 31.0 Å². The molecule has 30 heavy (non-hydrogen) atoms. The van der Waals surface area contributed by atoms with E-state index in [9.17, 15) is 9.59 Å². The first-order valence-corrected chi connectivity index (χ1v) is 11.6. The SMILES string of the molecule is O=C(Nc1ccc(N2CCN(C(=O)C3CCCCC3)CC2)cc1)c1cccc(Br)c1. The molecule has 0 atom stereocenters. The summed E-state index contributed by atoms with van der Waals surface area (Å²) in [4.78, 5) is 29.5. The number of benzene rings is 2. The Morgan fingerprint density at radius 2 is 1.60 bits per heavy atom. The smallest absolute Gasteiger partial charge is 0.255 e. The molecule has 4 rings (SSSR count). The molecular formula is C24H28BrN3O2. The van der Waals surface area contributed by atoms with E-state index in [-0.39, 0.29) is 11.8 Å². The van der Waals surface area contributed by atoms with Gasteiger partial charge in [-0.1, -0.05) is 41.3 Å². The molecule has 2 amide bonds. The predicted octanol–water partition coefficient (Wildman–Crippen LogP) is 4.93. The predicted molar refractivity (Wildman–Crippen MR) is 124 cm³/mol. The fourth-order valence-electron chi connectivity index (χ4n) is 4.38. The van der Waals surface area contributed by atoms with Crippen LogP contribution in [0.2, 0.25) is 0 Å². The van der Waals surface area contributed by atoms with Crippen molar-refractivity contribution < 1.29 is 9.59 Å².